The van der Waals surface area contributed by atoms with Gasteiger partial charge in [0.2, 0.25) is 5.82 Å². The fraction of sp³-hybridized carbons (Fsp3) is 0.0952. The zero-order chi connectivity index (χ0) is 22.2. The number of rotatable bonds is 4. The van der Waals surface area contributed by atoms with Gasteiger partial charge < -0.3 is 9.09 Å². The minimum Gasteiger partial charge on any atom is -0.334 e. The van der Waals surface area contributed by atoms with E-state index in [1.807, 2.05) is 0 Å². The van der Waals surface area contributed by atoms with Gasteiger partial charge >= 0.3 is 6.18 Å². The molecule has 0 aliphatic carbocycles. The second-order valence-corrected chi connectivity index (χ2v) is 7.47. The molecule has 0 saturated heterocycles. The summed E-state index contributed by atoms with van der Waals surface area (Å²) in [5.74, 6) is 0.528. The first-order chi connectivity index (χ1) is 14.7. The van der Waals surface area contributed by atoms with E-state index in [1.54, 1.807) is 42.5 Å². The maximum absolute atomic E-state index is 12.9. The molecule has 2 aromatic heterocycles. The number of hydrogen-bond donors (Lipinski definition) is 0. The predicted molar refractivity (Wildman–Crippen MR) is 110 cm³/mol. The standard InChI is InChI=1S/C21H12Cl2F3N3O2/c22-15-6-7-16(17(23)9-15)20-27-19(28-31-20)13-3-1-12(2-4-13)10-29-11-14(21(24,25)26)5-8-18(29)30/h1-9,11H,10H2. The summed E-state index contributed by atoms with van der Waals surface area (Å²) in [6, 6.07) is 13.3. The van der Waals surface area contributed by atoms with Crippen molar-refractivity contribution in [3.8, 4) is 22.8 Å². The van der Waals surface area contributed by atoms with E-state index in [2.05, 4.69) is 10.1 Å². The highest BCUT2D eigenvalue weighted by molar-refractivity contribution is 6.36. The Hall–Kier alpha value is -3.10. The molecule has 0 saturated carbocycles. The molecule has 158 valence electrons. The zero-order valence-electron chi connectivity index (χ0n) is 15.5. The summed E-state index contributed by atoms with van der Waals surface area (Å²) >= 11 is 12.0. The van der Waals surface area contributed by atoms with Crippen LogP contribution in [0.2, 0.25) is 10.0 Å². The Kier molecular flexibility index (Phi) is 5.60. The second-order valence-electron chi connectivity index (χ2n) is 6.63. The van der Waals surface area contributed by atoms with E-state index in [0.717, 1.165) is 22.9 Å². The lowest BCUT2D eigenvalue weighted by atomic mass is 10.1. The normalized spacial score (nSPS) is 11.6. The molecule has 5 nitrogen and oxygen atoms in total. The quantitative estimate of drug-likeness (QED) is 0.374. The second kappa shape index (κ2) is 8.20. The third kappa shape index (κ3) is 4.65. The Morgan fingerprint density at radius 2 is 1.74 bits per heavy atom. The van der Waals surface area contributed by atoms with Crippen LogP contribution in [0.4, 0.5) is 13.2 Å². The summed E-state index contributed by atoms with van der Waals surface area (Å²) < 4.78 is 45.0. The molecule has 0 aliphatic rings. The molecule has 4 aromatic rings. The van der Waals surface area contributed by atoms with Crippen LogP contribution in [0.25, 0.3) is 22.8 Å². The molecule has 0 fully saturated rings. The highest BCUT2D eigenvalue weighted by atomic mass is 35.5. The van der Waals surface area contributed by atoms with Crippen LogP contribution in [0.1, 0.15) is 11.1 Å². The van der Waals surface area contributed by atoms with Gasteiger partial charge in [-0.25, -0.2) is 0 Å². The van der Waals surface area contributed by atoms with Crippen molar-refractivity contribution in [1.29, 1.82) is 0 Å². The van der Waals surface area contributed by atoms with Gasteiger partial charge in [-0.2, -0.15) is 18.2 Å². The summed E-state index contributed by atoms with van der Waals surface area (Å²) in [5, 5.41) is 4.78. The first-order valence-electron chi connectivity index (χ1n) is 8.87. The van der Waals surface area contributed by atoms with Crippen LogP contribution in [0, 0.1) is 0 Å². The van der Waals surface area contributed by atoms with Crippen LogP contribution in [-0.4, -0.2) is 14.7 Å². The third-order valence-corrected chi connectivity index (χ3v) is 5.01. The van der Waals surface area contributed by atoms with Gasteiger partial charge in [0.05, 0.1) is 22.7 Å². The molecule has 10 heteroatoms. The maximum atomic E-state index is 12.9. The number of aromatic nitrogens is 3. The molecule has 0 N–H and O–H groups in total. The fourth-order valence-corrected chi connectivity index (χ4v) is 3.38. The van der Waals surface area contributed by atoms with Crippen molar-refractivity contribution in [1.82, 2.24) is 14.7 Å². The molecule has 2 heterocycles. The van der Waals surface area contributed by atoms with Gasteiger partial charge in [-0.15, -0.1) is 0 Å². The SMILES string of the molecule is O=c1ccc(C(F)(F)F)cn1Cc1ccc(-c2noc(-c3ccc(Cl)cc3Cl)n2)cc1. The van der Waals surface area contributed by atoms with Crippen LogP contribution >= 0.6 is 23.2 Å². The van der Waals surface area contributed by atoms with Crippen LogP contribution in [-0.2, 0) is 12.7 Å². The summed E-state index contributed by atoms with van der Waals surface area (Å²) in [6.45, 7) is -0.0130. The van der Waals surface area contributed by atoms with Crippen molar-refractivity contribution in [2.45, 2.75) is 12.7 Å². The zero-order valence-corrected chi connectivity index (χ0v) is 17.0. The summed E-state index contributed by atoms with van der Waals surface area (Å²) in [4.78, 5) is 16.2. The van der Waals surface area contributed by atoms with Gasteiger partial charge in [-0.05, 0) is 29.8 Å². The van der Waals surface area contributed by atoms with Crippen LogP contribution in [0.3, 0.4) is 0 Å². The Bertz CT molecular complexity index is 1300. The average molecular weight is 466 g/mol. The van der Waals surface area contributed by atoms with Gasteiger partial charge in [-0.3, -0.25) is 4.79 Å². The number of pyridine rings is 1. The van der Waals surface area contributed by atoms with E-state index < -0.39 is 17.3 Å². The summed E-state index contributed by atoms with van der Waals surface area (Å²) in [5.41, 5.74) is 0.379. The molecule has 0 aliphatic heterocycles. The Morgan fingerprint density at radius 1 is 1.00 bits per heavy atom. The van der Waals surface area contributed by atoms with Gasteiger partial charge in [0, 0.05) is 22.8 Å². The van der Waals surface area contributed by atoms with E-state index >= 15 is 0 Å². The fourth-order valence-electron chi connectivity index (χ4n) is 2.89. The lowest BCUT2D eigenvalue weighted by molar-refractivity contribution is -0.138. The topological polar surface area (TPSA) is 60.9 Å². The molecule has 31 heavy (non-hydrogen) atoms. The van der Waals surface area contributed by atoms with E-state index in [-0.39, 0.29) is 12.4 Å². The van der Waals surface area contributed by atoms with Crippen LogP contribution in [0.5, 0.6) is 0 Å². The van der Waals surface area contributed by atoms with Gasteiger partial charge in [-0.1, -0.05) is 52.6 Å². The number of alkyl halides is 3. The first kappa shape index (κ1) is 21.1. The Labute approximate surface area is 183 Å². The number of benzene rings is 2. The largest absolute Gasteiger partial charge is 0.417 e. The minimum atomic E-state index is -4.53. The lowest BCUT2D eigenvalue weighted by Gasteiger charge is -2.11. The predicted octanol–water partition coefficient (Wildman–Crippen LogP) is 5.94. The highest BCUT2D eigenvalue weighted by Gasteiger charge is 2.31. The van der Waals surface area contributed by atoms with Gasteiger partial charge in [0.25, 0.3) is 11.4 Å². The number of halogens is 5. The minimum absolute atomic E-state index is 0.0130. The average Bonchev–Trinajstić information content (AvgIpc) is 3.19. The highest BCUT2D eigenvalue weighted by Crippen LogP contribution is 2.31. The maximum Gasteiger partial charge on any atom is 0.417 e. The number of nitrogens with zero attached hydrogens (tertiary/aromatic N) is 3. The monoisotopic (exact) mass is 465 g/mol. The summed E-state index contributed by atoms with van der Waals surface area (Å²) in [7, 11) is 0. The van der Waals surface area contributed by atoms with E-state index in [1.165, 1.54) is 0 Å². The molecule has 0 unspecified atom stereocenters. The molecule has 0 spiro atoms. The Balaban J connectivity index is 1.56. The van der Waals surface area contributed by atoms with Crippen LogP contribution < -0.4 is 5.56 Å². The number of hydrogen-bond acceptors (Lipinski definition) is 4. The van der Waals surface area contributed by atoms with Crippen molar-refractivity contribution in [3.05, 3.63) is 92.3 Å². The molecular weight excluding hydrogens is 454 g/mol. The van der Waals surface area contributed by atoms with Crippen molar-refractivity contribution in [2.75, 3.05) is 0 Å². The third-order valence-electron chi connectivity index (χ3n) is 4.46. The van der Waals surface area contributed by atoms with Crippen molar-refractivity contribution in [3.63, 3.8) is 0 Å². The molecule has 2 aromatic carbocycles. The smallest absolute Gasteiger partial charge is 0.334 e. The molecule has 0 radical (unpaired) electrons. The van der Waals surface area contributed by atoms with Gasteiger partial charge in [0.1, 0.15) is 0 Å². The van der Waals surface area contributed by atoms with Crippen LogP contribution in [0.15, 0.2) is 70.1 Å². The first-order valence-corrected chi connectivity index (χ1v) is 9.62. The van der Waals surface area contributed by atoms with E-state index in [4.69, 9.17) is 27.7 Å². The summed E-state index contributed by atoms with van der Waals surface area (Å²) in [6.07, 6.45) is -3.72. The molecule has 0 atom stereocenters. The molecule has 0 bridgehead atoms. The van der Waals surface area contributed by atoms with Crippen molar-refractivity contribution in [2.24, 2.45) is 0 Å². The van der Waals surface area contributed by atoms with Crippen molar-refractivity contribution < 1.29 is 17.7 Å². The lowest BCUT2D eigenvalue weighted by Crippen LogP contribution is -2.21. The Morgan fingerprint density at radius 3 is 2.42 bits per heavy atom. The molecule has 4 rings (SSSR count). The van der Waals surface area contributed by atoms with E-state index in [9.17, 15) is 18.0 Å². The van der Waals surface area contributed by atoms with Crippen molar-refractivity contribution >= 4 is 23.2 Å². The molecule has 0 amide bonds. The van der Waals surface area contributed by atoms with Gasteiger partial charge in [0.15, 0.2) is 0 Å². The van der Waals surface area contributed by atoms with E-state index in [0.29, 0.717) is 32.6 Å². The molecular formula is C21H12Cl2F3N3O2.